The van der Waals surface area contributed by atoms with Crippen molar-refractivity contribution in [3.8, 4) is 0 Å². The van der Waals surface area contributed by atoms with Crippen molar-refractivity contribution < 1.29 is 4.79 Å². The van der Waals surface area contributed by atoms with Crippen LogP contribution in [0.2, 0.25) is 0 Å². The SMILES string of the molecule is CSc1ccccc1NC(=O)C(C)CCl. The number of halogens is 1. The number of rotatable bonds is 4. The highest BCUT2D eigenvalue weighted by Crippen LogP contribution is 2.24. The molecule has 0 saturated heterocycles. The number of alkyl halides is 1. The molecule has 82 valence electrons. The zero-order valence-electron chi connectivity index (χ0n) is 8.79. The molecule has 0 spiro atoms. The molecule has 0 saturated carbocycles. The number of carbonyl (C=O) groups is 1. The zero-order valence-corrected chi connectivity index (χ0v) is 10.4. The van der Waals surface area contributed by atoms with E-state index in [0.717, 1.165) is 10.6 Å². The van der Waals surface area contributed by atoms with Crippen LogP contribution in [0.4, 0.5) is 5.69 Å². The summed E-state index contributed by atoms with van der Waals surface area (Å²) in [6.07, 6.45) is 1.98. The summed E-state index contributed by atoms with van der Waals surface area (Å²) in [6.45, 7) is 1.81. The van der Waals surface area contributed by atoms with Gasteiger partial charge in [0.1, 0.15) is 0 Å². The number of amides is 1. The Kier molecular flexibility index (Phi) is 4.99. The van der Waals surface area contributed by atoms with Gasteiger partial charge in [-0.1, -0.05) is 19.1 Å². The van der Waals surface area contributed by atoms with Gasteiger partial charge in [-0.25, -0.2) is 0 Å². The molecule has 0 aromatic heterocycles. The highest BCUT2D eigenvalue weighted by atomic mass is 35.5. The van der Waals surface area contributed by atoms with Crippen LogP contribution in [0.3, 0.4) is 0 Å². The Labute approximate surface area is 99.4 Å². The molecule has 0 fully saturated rings. The molecule has 1 aromatic rings. The molecule has 0 bridgehead atoms. The molecular weight excluding hydrogens is 230 g/mol. The van der Waals surface area contributed by atoms with E-state index in [4.69, 9.17) is 11.6 Å². The van der Waals surface area contributed by atoms with Gasteiger partial charge in [-0.3, -0.25) is 4.79 Å². The van der Waals surface area contributed by atoms with Crippen molar-refractivity contribution in [2.75, 3.05) is 17.5 Å². The lowest BCUT2D eigenvalue weighted by atomic mass is 10.2. The lowest BCUT2D eigenvalue weighted by Gasteiger charge is -2.11. The normalized spacial score (nSPS) is 12.2. The summed E-state index contributed by atoms with van der Waals surface area (Å²) in [5.74, 6) is 0.140. The molecule has 0 heterocycles. The molecule has 15 heavy (non-hydrogen) atoms. The number of anilines is 1. The minimum Gasteiger partial charge on any atom is -0.325 e. The van der Waals surface area contributed by atoms with Gasteiger partial charge in [-0.15, -0.1) is 23.4 Å². The number of hydrogen-bond acceptors (Lipinski definition) is 2. The molecule has 0 aliphatic carbocycles. The number of para-hydroxylation sites is 1. The minimum absolute atomic E-state index is 0.0356. The Balaban J connectivity index is 2.76. The Hall–Kier alpha value is -0.670. The van der Waals surface area contributed by atoms with E-state index >= 15 is 0 Å². The molecule has 0 radical (unpaired) electrons. The summed E-state index contributed by atoms with van der Waals surface area (Å²) < 4.78 is 0. The fourth-order valence-corrected chi connectivity index (χ4v) is 1.77. The fourth-order valence-electron chi connectivity index (χ4n) is 1.07. The minimum atomic E-state index is -0.165. The molecule has 1 aromatic carbocycles. The Morgan fingerprint density at radius 1 is 1.53 bits per heavy atom. The average molecular weight is 244 g/mol. The summed E-state index contributed by atoms with van der Waals surface area (Å²) >= 11 is 7.23. The highest BCUT2D eigenvalue weighted by Gasteiger charge is 2.12. The first kappa shape index (κ1) is 12.4. The van der Waals surface area contributed by atoms with E-state index in [1.165, 1.54) is 0 Å². The van der Waals surface area contributed by atoms with Gasteiger partial charge < -0.3 is 5.32 Å². The van der Waals surface area contributed by atoms with Gasteiger partial charge in [-0.05, 0) is 18.4 Å². The van der Waals surface area contributed by atoms with Crippen molar-refractivity contribution >= 4 is 35.0 Å². The number of benzene rings is 1. The second-order valence-electron chi connectivity index (χ2n) is 3.24. The van der Waals surface area contributed by atoms with Crippen LogP contribution in [0, 0.1) is 5.92 Å². The van der Waals surface area contributed by atoms with Crippen LogP contribution in [0.5, 0.6) is 0 Å². The fraction of sp³-hybridized carbons (Fsp3) is 0.364. The number of nitrogens with one attached hydrogen (secondary N) is 1. The molecule has 1 N–H and O–H groups in total. The van der Waals surface area contributed by atoms with Crippen molar-refractivity contribution in [2.45, 2.75) is 11.8 Å². The maximum Gasteiger partial charge on any atom is 0.228 e. The van der Waals surface area contributed by atoms with E-state index in [1.54, 1.807) is 11.8 Å². The van der Waals surface area contributed by atoms with Gasteiger partial charge >= 0.3 is 0 Å². The quantitative estimate of drug-likeness (QED) is 0.650. The van der Waals surface area contributed by atoms with Crippen LogP contribution in [0.25, 0.3) is 0 Å². The van der Waals surface area contributed by atoms with Crippen LogP contribution in [-0.2, 0) is 4.79 Å². The molecule has 0 aliphatic heterocycles. The predicted octanol–water partition coefficient (Wildman–Crippen LogP) is 3.22. The molecule has 1 amide bonds. The third kappa shape index (κ3) is 3.43. The van der Waals surface area contributed by atoms with Crippen LogP contribution >= 0.6 is 23.4 Å². The van der Waals surface area contributed by atoms with Gasteiger partial charge in [0.2, 0.25) is 5.91 Å². The Bertz CT molecular complexity index is 343. The van der Waals surface area contributed by atoms with Crippen molar-refractivity contribution in [2.24, 2.45) is 5.92 Å². The summed E-state index contributed by atoms with van der Waals surface area (Å²) in [6, 6.07) is 7.73. The van der Waals surface area contributed by atoms with Gasteiger partial charge in [0.05, 0.1) is 5.69 Å². The monoisotopic (exact) mass is 243 g/mol. The van der Waals surface area contributed by atoms with Gasteiger partial charge in [0.15, 0.2) is 0 Å². The molecule has 2 nitrogen and oxygen atoms in total. The second kappa shape index (κ2) is 6.03. The van der Waals surface area contributed by atoms with E-state index in [1.807, 2.05) is 37.4 Å². The molecular formula is C11H14ClNOS. The zero-order chi connectivity index (χ0) is 11.3. The van der Waals surface area contributed by atoms with E-state index in [0.29, 0.717) is 5.88 Å². The highest BCUT2D eigenvalue weighted by molar-refractivity contribution is 7.98. The van der Waals surface area contributed by atoms with Crippen LogP contribution in [0.15, 0.2) is 29.2 Å². The largest absolute Gasteiger partial charge is 0.325 e. The van der Waals surface area contributed by atoms with Crippen LogP contribution < -0.4 is 5.32 Å². The number of thioether (sulfide) groups is 1. The lowest BCUT2D eigenvalue weighted by molar-refractivity contribution is -0.118. The van der Waals surface area contributed by atoms with E-state index < -0.39 is 0 Å². The topological polar surface area (TPSA) is 29.1 Å². The van der Waals surface area contributed by atoms with Crippen molar-refractivity contribution in [3.63, 3.8) is 0 Å². The first-order valence-electron chi connectivity index (χ1n) is 4.69. The maximum absolute atomic E-state index is 11.6. The van der Waals surface area contributed by atoms with E-state index in [9.17, 15) is 4.79 Å². The molecule has 0 aliphatic rings. The Morgan fingerprint density at radius 3 is 2.80 bits per heavy atom. The summed E-state index contributed by atoms with van der Waals surface area (Å²) in [5, 5.41) is 2.87. The maximum atomic E-state index is 11.6. The first-order chi connectivity index (χ1) is 7.19. The van der Waals surface area contributed by atoms with Crippen molar-refractivity contribution in [1.82, 2.24) is 0 Å². The Morgan fingerprint density at radius 2 is 2.20 bits per heavy atom. The standard InChI is InChI=1S/C11H14ClNOS/c1-8(7-12)11(14)13-9-5-3-4-6-10(9)15-2/h3-6,8H,7H2,1-2H3,(H,13,14). The summed E-state index contributed by atoms with van der Waals surface area (Å²) in [7, 11) is 0. The summed E-state index contributed by atoms with van der Waals surface area (Å²) in [4.78, 5) is 12.7. The van der Waals surface area contributed by atoms with Gasteiger partial charge in [-0.2, -0.15) is 0 Å². The van der Waals surface area contributed by atoms with E-state index in [-0.39, 0.29) is 11.8 Å². The molecule has 1 unspecified atom stereocenters. The second-order valence-corrected chi connectivity index (χ2v) is 4.40. The predicted molar refractivity (Wildman–Crippen MR) is 66.7 cm³/mol. The van der Waals surface area contributed by atoms with E-state index in [2.05, 4.69) is 5.32 Å². The number of hydrogen-bond donors (Lipinski definition) is 1. The lowest BCUT2D eigenvalue weighted by Crippen LogP contribution is -2.21. The van der Waals surface area contributed by atoms with Crippen LogP contribution in [-0.4, -0.2) is 18.0 Å². The van der Waals surface area contributed by atoms with Crippen LogP contribution in [0.1, 0.15) is 6.92 Å². The molecule has 1 atom stereocenters. The average Bonchev–Trinajstić information content (AvgIpc) is 2.28. The number of carbonyl (C=O) groups excluding carboxylic acids is 1. The molecule has 1 rings (SSSR count). The third-order valence-electron chi connectivity index (χ3n) is 2.04. The van der Waals surface area contributed by atoms with Crippen molar-refractivity contribution in [3.05, 3.63) is 24.3 Å². The third-order valence-corrected chi connectivity index (χ3v) is 3.30. The summed E-state index contributed by atoms with van der Waals surface area (Å²) in [5.41, 5.74) is 0.854. The van der Waals surface area contributed by atoms with Gasteiger partial charge in [0.25, 0.3) is 0 Å². The first-order valence-corrected chi connectivity index (χ1v) is 6.44. The molecule has 4 heteroatoms. The smallest absolute Gasteiger partial charge is 0.228 e. The van der Waals surface area contributed by atoms with Crippen molar-refractivity contribution in [1.29, 1.82) is 0 Å². The van der Waals surface area contributed by atoms with Gasteiger partial charge in [0, 0.05) is 16.7 Å².